The van der Waals surface area contributed by atoms with Crippen molar-refractivity contribution in [3.05, 3.63) is 29.3 Å². The lowest BCUT2D eigenvalue weighted by Gasteiger charge is -2.32. The van der Waals surface area contributed by atoms with Gasteiger partial charge in [0.25, 0.3) is 5.91 Å². The van der Waals surface area contributed by atoms with Crippen molar-refractivity contribution >= 4 is 21.6 Å². The van der Waals surface area contributed by atoms with E-state index < -0.39 is 10.0 Å². The first-order valence-electron chi connectivity index (χ1n) is 9.24. The van der Waals surface area contributed by atoms with Crippen molar-refractivity contribution in [1.29, 1.82) is 0 Å². The van der Waals surface area contributed by atoms with Gasteiger partial charge in [0.2, 0.25) is 10.0 Å². The van der Waals surface area contributed by atoms with E-state index in [1.807, 2.05) is 11.0 Å². The number of aryl methyl sites for hydroxylation is 1. The quantitative estimate of drug-likeness (QED) is 0.693. The largest absolute Gasteiger partial charge is 0.383 e. The molecule has 0 atom stereocenters. The van der Waals surface area contributed by atoms with Gasteiger partial charge >= 0.3 is 0 Å². The highest BCUT2D eigenvalue weighted by Crippen LogP contribution is 2.30. The van der Waals surface area contributed by atoms with Crippen molar-refractivity contribution in [2.24, 2.45) is 0 Å². The molecule has 1 aliphatic rings. The number of ether oxygens (including phenoxy) is 1. The Morgan fingerprint density at radius 1 is 1.31 bits per heavy atom. The number of benzene rings is 1. The molecule has 1 aromatic carbocycles. The first-order chi connectivity index (χ1) is 12.3. The molecule has 26 heavy (non-hydrogen) atoms. The molecule has 1 amide bonds. The summed E-state index contributed by atoms with van der Waals surface area (Å²) in [5.74, 6) is -0.0185. The molecule has 146 valence electrons. The van der Waals surface area contributed by atoms with Gasteiger partial charge in [0.1, 0.15) is 0 Å². The number of fused-ring (bicyclic) bond motifs is 1. The number of hydrogen-bond donors (Lipinski definition) is 0. The monoisotopic (exact) mass is 382 g/mol. The third-order valence-corrected chi connectivity index (χ3v) is 6.16. The van der Waals surface area contributed by atoms with Gasteiger partial charge in [0, 0.05) is 31.8 Å². The molecule has 0 aromatic heterocycles. The molecule has 0 radical (unpaired) electrons. The van der Waals surface area contributed by atoms with Crippen LogP contribution in [0.1, 0.15) is 49.0 Å². The Bertz CT molecular complexity index is 729. The minimum atomic E-state index is -3.30. The van der Waals surface area contributed by atoms with Crippen LogP contribution in [0.15, 0.2) is 18.2 Å². The Hall–Kier alpha value is -1.60. The van der Waals surface area contributed by atoms with E-state index in [1.54, 1.807) is 19.2 Å². The van der Waals surface area contributed by atoms with Crippen LogP contribution < -0.4 is 4.31 Å². The zero-order chi connectivity index (χ0) is 19.3. The number of carbonyl (C=O) groups excluding carboxylic acids is 1. The lowest BCUT2D eigenvalue weighted by molar-refractivity contribution is 0.0589. The third kappa shape index (κ3) is 4.57. The highest BCUT2D eigenvalue weighted by molar-refractivity contribution is 7.92. The Balaban J connectivity index is 2.34. The molecule has 0 unspecified atom stereocenters. The predicted octanol–water partition coefficient (Wildman–Crippen LogP) is 2.68. The van der Waals surface area contributed by atoms with Gasteiger partial charge < -0.3 is 9.64 Å². The number of sulfonamides is 1. The number of hydrogen-bond acceptors (Lipinski definition) is 4. The van der Waals surface area contributed by atoms with Gasteiger partial charge in [-0.1, -0.05) is 13.8 Å². The smallest absolute Gasteiger partial charge is 0.254 e. The summed E-state index contributed by atoms with van der Waals surface area (Å²) in [6.45, 7) is 5.70. The lowest BCUT2D eigenvalue weighted by atomic mass is 9.99. The van der Waals surface area contributed by atoms with E-state index in [4.69, 9.17) is 4.74 Å². The fourth-order valence-corrected chi connectivity index (χ4v) is 4.57. The van der Waals surface area contributed by atoms with Crippen LogP contribution in [0.25, 0.3) is 0 Å². The van der Waals surface area contributed by atoms with Crippen LogP contribution in [0, 0.1) is 0 Å². The van der Waals surface area contributed by atoms with E-state index in [0.29, 0.717) is 30.9 Å². The molecule has 0 saturated heterocycles. The molecule has 7 heteroatoms. The van der Waals surface area contributed by atoms with Crippen LogP contribution in [-0.2, 0) is 21.2 Å². The number of amides is 1. The van der Waals surface area contributed by atoms with Crippen molar-refractivity contribution < 1.29 is 17.9 Å². The fraction of sp³-hybridized carbons (Fsp3) is 0.632. The molecular formula is C19H30N2O4S. The molecule has 6 nitrogen and oxygen atoms in total. The van der Waals surface area contributed by atoms with E-state index in [-0.39, 0.29) is 11.9 Å². The molecule has 1 aromatic rings. The van der Waals surface area contributed by atoms with Crippen LogP contribution in [0.5, 0.6) is 0 Å². The Kier molecular flexibility index (Phi) is 7.06. The second kappa shape index (κ2) is 8.86. The highest BCUT2D eigenvalue weighted by atomic mass is 32.2. The third-order valence-electron chi connectivity index (χ3n) is 4.98. The summed E-state index contributed by atoms with van der Waals surface area (Å²) in [7, 11) is -1.67. The normalized spacial score (nSPS) is 14.4. The average molecular weight is 383 g/mol. The molecule has 0 fully saturated rings. The van der Waals surface area contributed by atoms with Crippen molar-refractivity contribution in [3.8, 4) is 0 Å². The van der Waals surface area contributed by atoms with Crippen LogP contribution in [0.2, 0.25) is 0 Å². The minimum Gasteiger partial charge on any atom is -0.383 e. The Labute approximate surface area is 157 Å². The van der Waals surface area contributed by atoms with Gasteiger partial charge in [-0.3, -0.25) is 9.10 Å². The summed E-state index contributed by atoms with van der Waals surface area (Å²) in [5, 5.41) is 0. The molecule has 0 bridgehead atoms. The fourth-order valence-electron chi connectivity index (χ4n) is 3.57. The topological polar surface area (TPSA) is 66.9 Å². The molecule has 0 spiro atoms. The minimum absolute atomic E-state index is 0.0185. The first-order valence-corrected chi connectivity index (χ1v) is 11.1. The van der Waals surface area contributed by atoms with Crippen LogP contribution in [0.4, 0.5) is 5.69 Å². The van der Waals surface area contributed by atoms with Gasteiger partial charge in [0.15, 0.2) is 0 Å². The van der Waals surface area contributed by atoms with E-state index in [0.717, 1.165) is 31.2 Å². The Morgan fingerprint density at radius 3 is 2.58 bits per heavy atom. The van der Waals surface area contributed by atoms with Crippen molar-refractivity contribution in [3.63, 3.8) is 0 Å². The zero-order valence-electron chi connectivity index (χ0n) is 16.2. The van der Waals surface area contributed by atoms with Crippen LogP contribution >= 0.6 is 0 Å². The summed E-state index contributed by atoms with van der Waals surface area (Å²) in [6, 6.07) is 5.54. The zero-order valence-corrected chi connectivity index (χ0v) is 17.0. The summed E-state index contributed by atoms with van der Waals surface area (Å²) in [5.41, 5.74) is 2.23. The van der Waals surface area contributed by atoms with Gasteiger partial charge in [-0.25, -0.2) is 8.42 Å². The second-order valence-corrected chi connectivity index (χ2v) is 8.65. The Morgan fingerprint density at radius 2 is 2.00 bits per heavy atom. The second-order valence-electron chi connectivity index (χ2n) is 6.74. The number of nitrogens with zero attached hydrogens (tertiary/aromatic N) is 2. The molecular weight excluding hydrogens is 352 g/mol. The first kappa shape index (κ1) is 20.7. The maximum atomic E-state index is 13.1. The van der Waals surface area contributed by atoms with Crippen LogP contribution in [0.3, 0.4) is 0 Å². The summed E-state index contributed by atoms with van der Waals surface area (Å²) in [6.07, 6.45) is 4.54. The van der Waals surface area contributed by atoms with E-state index in [9.17, 15) is 13.2 Å². The van der Waals surface area contributed by atoms with Crippen LogP contribution in [-0.4, -0.2) is 58.3 Å². The summed E-state index contributed by atoms with van der Waals surface area (Å²) < 4.78 is 30.6. The lowest BCUT2D eigenvalue weighted by Crippen LogP contribution is -2.42. The van der Waals surface area contributed by atoms with E-state index >= 15 is 0 Å². The van der Waals surface area contributed by atoms with Gasteiger partial charge in [-0.05, 0) is 49.4 Å². The van der Waals surface area contributed by atoms with Gasteiger partial charge in [0.05, 0.1) is 18.6 Å². The number of methoxy groups -OCH3 is 1. The number of anilines is 1. The molecule has 0 aliphatic carbocycles. The average Bonchev–Trinajstić information content (AvgIpc) is 2.62. The van der Waals surface area contributed by atoms with Crippen molar-refractivity contribution in [1.82, 2.24) is 4.90 Å². The molecule has 0 saturated carbocycles. The number of carbonyl (C=O) groups is 1. The molecule has 0 N–H and O–H groups in total. The highest BCUT2D eigenvalue weighted by Gasteiger charge is 2.27. The molecule has 2 rings (SSSR count). The molecule has 1 heterocycles. The maximum absolute atomic E-state index is 13.1. The van der Waals surface area contributed by atoms with Crippen molar-refractivity contribution in [2.45, 2.75) is 45.6 Å². The van der Waals surface area contributed by atoms with E-state index in [2.05, 4.69) is 13.8 Å². The van der Waals surface area contributed by atoms with Gasteiger partial charge in [-0.2, -0.15) is 0 Å². The summed E-state index contributed by atoms with van der Waals surface area (Å²) >= 11 is 0. The molecule has 1 aliphatic heterocycles. The SMILES string of the molecule is CCC(CC)N(CCOC)C(=O)c1ccc2c(c1)CCCN2S(C)(=O)=O. The predicted molar refractivity (Wildman–Crippen MR) is 104 cm³/mol. The maximum Gasteiger partial charge on any atom is 0.254 e. The van der Waals surface area contributed by atoms with Crippen molar-refractivity contribution in [2.75, 3.05) is 37.4 Å². The standard InChI is InChI=1S/C19H30N2O4S/c1-5-17(6-2)20(12-13-25-3)19(22)16-9-10-18-15(14-16)8-7-11-21(18)26(4,23)24/h9-10,14,17H,5-8,11-13H2,1-4H3. The summed E-state index contributed by atoms with van der Waals surface area (Å²) in [4.78, 5) is 15.0. The number of rotatable bonds is 8. The van der Waals surface area contributed by atoms with Gasteiger partial charge in [-0.15, -0.1) is 0 Å². The van der Waals surface area contributed by atoms with E-state index in [1.165, 1.54) is 10.6 Å².